The maximum atomic E-state index is 12.8. The molecule has 1 aliphatic heterocycles. The summed E-state index contributed by atoms with van der Waals surface area (Å²) in [5.41, 5.74) is 3.32. The molecule has 0 spiro atoms. The van der Waals surface area contributed by atoms with Gasteiger partial charge >= 0.3 is 0 Å². The van der Waals surface area contributed by atoms with Crippen molar-refractivity contribution in [3.8, 4) is 5.75 Å². The van der Waals surface area contributed by atoms with Crippen LogP contribution in [-0.2, 0) is 21.2 Å². The second-order valence-electron chi connectivity index (χ2n) is 8.51. The van der Waals surface area contributed by atoms with Crippen LogP contribution in [-0.4, -0.2) is 50.6 Å². The minimum absolute atomic E-state index is 0.0984. The molecule has 0 bridgehead atoms. The number of aryl methyl sites for hydroxylation is 3. The number of amides is 1. The van der Waals surface area contributed by atoms with E-state index < -0.39 is 10.0 Å². The lowest BCUT2D eigenvalue weighted by Crippen LogP contribution is -2.46. The van der Waals surface area contributed by atoms with Crippen LogP contribution >= 0.6 is 0 Å². The number of carbonyl (C=O) groups is 1. The summed E-state index contributed by atoms with van der Waals surface area (Å²) in [6, 6.07) is 15.9. The number of piperidine rings is 1. The van der Waals surface area contributed by atoms with Crippen molar-refractivity contribution in [2.45, 2.75) is 39.5 Å². The number of hydrogen-bond acceptors (Lipinski definition) is 4. The quantitative estimate of drug-likeness (QED) is 0.553. The molecule has 1 fully saturated rings. The van der Waals surface area contributed by atoms with Crippen molar-refractivity contribution in [2.75, 3.05) is 32.0 Å². The third-order valence-corrected chi connectivity index (χ3v) is 7.78. The Kier molecular flexibility index (Phi) is 8.70. The Labute approximate surface area is 192 Å². The lowest BCUT2D eigenvalue weighted by Gasteiger charge is -2.31. The molecule has 1 heterocycles. The molecule has 1 amide bonds. The van der Waals surface area contributed by atoms with E-state index in [1.807, 2.05) is 62.4 Å². The van der Waals surface area contributed by atoms with Gasteiger partial charge in [-0.25, -0.2) is 12.7 Å². The number of ether oxygens (including phenoxy) is 1. The molecular formula is C25H34N2O4S. The minimum Gasteiger partial charge on any atom is -0.491 e. The summed E-state index contributed by atoms with van der Waals surface area (Å²) >= 11 is 0. The maximum Gasteiger partial charge on any atom is 0.224 e. The van der Waals surface area contributed by atoms with Gasteiger partial charge < -0.3 is 10.1 Å². The van der Waals surface area contributed by atoms with E-state index in [1.165, 1.54) is 4.31 Å². The Bertz CT molecular complexity index is 992. The zero-order chi connectivity index (χ0) is 23.0. The highest BCUT2D eigenvalue weighted by molar-refractivity contribution is 7.89. The molecule has 6 nitrogen and oxygen atoms in total. The van der Waals surface area contributed by atoms with E-state index >= 15 is 0 Å². The first-order valence-electron chi connectivity index (χ1n) is 11.3. The van der Waals surface area contributed by atoms with E-state index in [0.29, 0.717) is 39.0 Å². The van der Waals surface area contributed by atoms with Gasteiger partial charge in [0.15, 0.2) is 0 Å². The van der Waals surface area contributed by atoms with Gasteiger partial charge in [0.1, 0.15) is 12.4 Å². The summed E-state index contributed by atoms with van der Waals surface area (Å²) < 4.78 is 32.9. The fourth-order valence-electron chi connectivity index (χ4n) is 3.98. The average molecular weight is 459 g/mol. The Morgan fingerprint density at radius 3 is 2.72 bits per heavy atom. The minimum atomic E-state index is -3.36. The third kappa shape index (κ3) is 7.07. The summed E-state index contributed by atoms with van der Waals surface area (Å²) in [4.78, 5) is 12.6. The highest BCUT2D eigenvalue weighted by Crippen LogP contribution is 2.21. The molecule has 1 N–H and O–H groups in total. The van der Waals surface area contributed by atoms with E-state index in [2.05, 4.69) is 5.32 Å². The summed E-state index contributed by atoms with van der Waals surface area (Å²) in [5, 5.41) is 2.91. The molecule has 32 heavy (non-hydrogen) atoms. The van der Waals surface area contributed by atoms with Crippen LogP contribution in [0.15, 0.2) is 48.5 Å². The third-order valence-electron chi connectivity index (χ3n) is 5.86. The second-order valence-corrected chi connectivity index (χ2v) is 10.6. The number of sulfonamides is 1. The van der Waals surface area contributed by atoms with Crippen molar-refractivity contribution in [2.24, 2.45) is 5.92 Å². The molecule has 1 saturated heterocycles. The zero-order valence-electron chi connectivity index (χ0n) is 19.0. The fourth-order valence-corrected chi connectivity index (χ4v) is 5.57. The number of benzene rings is 2. The van der Waals surface area contributed by atoms with E-state index in [1.54, 1.807) is 0 Å². The number of hydrogen-bond donors (Lipinski definition) is 1. The summed E-state index contributed by atoms with van der Waals surface area (Å²) in [7, 11) is -3.36. The van der Waals surface area contributed by atoms with Crippen molar-refractivity contribution < 1.29 is 17.9 Å². The van der Waals surface area contributed by atoms with Crippen LogP contribution in [0.4, 0.5) is 0 Å². The normalized spacial score (nSPS) is 17.1. The highest BCUT2D eigenvalue weighted by Gasteiger charge is 2.31. The summed E-state index contributed by atoms with van der Waals surface area (Å²) in [5.74, 6) is 0.525. The van der Waals surface area contributed by atoms with Crippen molar-refractivity contribution in [3.63, 3.8) is 0 Å². The largest absolute Gasteiger partial charge is 0.491 e. The van der Waals surface area contributed by atoms with Crippen LogP contribution in [0.1, 0.15) is 36.0 Å². The molecule has 0 radical (unpaired) electrons. The molecular weight excluding hydrogens is 424 g/mol. The zero-order valence-corrected chi connectivity index (χ0v) is 19.9. The standard InChI is InChI=1S/C25H34N2O4S/c1-20-12-13-21(2)24(18-20)31-16-14-26-25(28)23-11-6-15-27(19-23)32(29,30)17-7-10-22-8-4-3-5-9-22/h3-5,8-9,12-13,18,23H,6-7,10-11,14-17,19H2,1-2H3,(H,26,28)/t23-/m1/s1. The second kappa shape index (κ2) is 11.5. The van der Waals surface area contributed by atoms with Gasteiger partial charge in [0.05, 0.1) is 18.2 Å². The topological polar surface area (TPSA) is 75.7 Å². The lowest BCUT2D eigenvalue weighted by atomic mass is 9.99. The van der Waals surface area contributed by atoms with Gasteiger partial charge in [0, 0.05) is 13.1 Å². The van der Waals surface area contributed by atoms with Crippen molar-refractivity contribution in [1.29, 1.82) is 0 Å². The molecule has 7 heteroatoms. The predicted octanol–water partition coefficient (Wildman–Crippen LogP) is 3.47. The first-order valence-corrected chi connectivity index (χ1v) is 13.0. The van der Waals surface area contributed by atoms with Crippen molar-refractivity contribution >= 4 is 15.9 Å². The summed E-state index contributed by atoms with van der Waals surface area (Å²) in [6.07, 6.45) is 2.72. The highest BCUT2D eigenvalue weighted by atomic mass is 32.2. The fraction of sp³-hybridized carbons (Fsp3) is 0.480. The molecule has 2 aromatic rings. The van der Waals surface area contributed by atoms with E-state index in [0.717, 1.165) is 28.9 Å². The number of nitrogens with zero attached hydrogens (tertiary/aromatic N) is 1. The number of nitrogens with one attached hydrogen (secondary N) is 1. The van der Waals surface area contributed by atoms with Gasteiger partial charge in [-0.3, -0.25) is 4.79 Å². The average Bonchev–Trinajstić information content (AvgIpc) is 2.79. The Hall–Kier alpha value is -2.38. The maximum absolute atomic E-state index is 12.8. The molecule has 174 valence electrons. The predicted molar refractivity (Wildman–Crippen MR) is 127 cm³/mol. The van der Waals surface area contributed by atoms with E-state index in [9.17, 15) is 13.2 Å². The van der Waals surface area contributed by atoms with Crippen LogP contribution in [0, 0.1) is 19.8 Å². The van der Waals surface area contributed by atoms with Crippen LogP contribution < -0.4 is 10.1 Å². The van der Waals surface area contributed by atoms with Crippen molar-refractivity contribution in [3.05, 3.63) is 65.2 Å². The molecule has 0 aliphatic carbocycles. The first-order chi connectivity index (χ1) is 15.3. The molecule has 2 aromatic carbocycles. The molecule has 1 aliphatic rings. The van der Waals surface area contributed by atoms with Gasteiger partial charge in [-0.15, -0.1) is 0 Å². The molecule has 0 saturated carbocycles. The van der Waals surface area contributed by atoms with Crippen molar-refractivity contribution in [1.82, 2.24) is 9.62 Å². The van der Waals surface area contributed by atoms with E-state index in [-0.39, 0.29) is 24.1 Å². The SMILES string of the molecule is Cc1ccc(C)c(OCCNC(=O)[C@@H]2CCCN(S(=O)(=O)CCCc3ccccc3)C2)c1. The van der Waals surface area contributed by atoms with Crippen LogP contribution in [0.3, 0.4) is 0 Å². The number of carbonyl (C=O) groups excluding carboxylic acids is 1. The Morgan fingerprint density at radius 1 is 1.16 bits per heavy atom. The van der Waals surface area contributed by atoms with Crippen LogP contribution in [0.25, 0.3) is 0 Å². The molecule has 0 aromatic heterocycles. The van der Waals surface area contributed by atoms with E-state index in [4.69, 9.17) is 4.74 Å². The van der Waals surface area contributed by atoms with Gasteiger partial charge in [0.2, 0.25) is 15.9 Å². The molecule has 3 rings (SSSR count). The Morgan fingerprint density at radius 2 is 1.94 bits per heavy atom. The lowest BCUT2D eigenvalue weighted by molar-refractivity contribution is -0.126. The first kappa shape index (κ1) is 24.3. The van der Waals surface area contributed by atoms with Gasteiger partial charge in [-0.05, 0) is 62.3 Å². The summed E-state index contributed by atoms with van der Waals surface area (Å²) in [6.45, 7) is 5.53. The van der Waals surface area contributed by atoms with Gasteiger partial charge in [-0.2, -0.15) is 0 Å². The molecule has 1 atom stereocenters. The Balaban J connectivity index is 1.42. The van der Waals surface area contributed by atoms with Gasteiger partial charge in [0.25, 0.3) is 0 Å². The number of rotatable bonds is 10. The van der Waals surface area contributed by atoms with Gasteiger partial charge in [-0.1, -0.05) is 42.5 Å². The molecule has 0 unspecified atom stereocenters. The smallest absolute Gasteiger partial charge is 0.224 e. The van der Waals surface area contributed by atoms with Crippen LogP contribution in [0.2, 0.25) is 0 Å². The monoisotopic (exact) mass is 458 g/mol. The van der Waals surface area contributed by atoms with Crippen LogP contribution in [0.5, 0.6) is 5.75 Å².